The molecule has 130 valence electrons. The van der Waals surface area contributed by atoms with Crippen molar-refractivity contribution in [1.29, 1.82) is 0 Å². The topological polar surface area (TPSA) is 26.8 Å². The Morgan fingerprint density at radius 3 is 1.95 bits per heavy atom. The maximum Gasteiger partial charge on any atom is 0.222 e. The van der Waals surface area contributed by atoms with Gasteiger partial charge in [0.05, 0.1) is 0 Å². The van der Waals surface area contributed by atoms with Crippen LogP contribution < -0.4 is 0 Å². The normalized spacial score (nSPS) is 21.4. The first-order valence-corrected chi connectivity index (χ1v) is 9.45. The minimum absolute atomic E-state index is 0.333. The lowest BCUT2D eigenvalue weighted by Gasteiger charge is -2.36. The molecule has 0 aliphatic carbocycles. The molecule has 4 heteroatoms. The number of carbonyl (C=O) groups excluding carboxylic acids is 1. The van der Waals surface area contributed by atoms with Crippen LogP contribution in [0.25, 0.3) is 0 Å². The molecule has 0 saturated carbocycles. The molecule has 2 aliphatic heterocycles. The lowest BCUT2D eigenvalue weighted by molar-refractivity contribution is -0.132. The van der Waals surface area contributed by atoms with Crippen LogP contribution >= 0.6 is 0 Å². The zero-order chi connectivity index (χ0) is 16.4. The lowest BCUT2D eigenvalue weighted by Crippen LogP contribution is -2.46. The van der Waals surface area contributed by atoms with Gasteiger partial charge in [-0.05, 0) is 38.3 Å². The van der Waals surface area contributed by atoms with Gasteiger partial charge in [-0.15, -0.1) is 0 Å². The molecule has 0 aromatic carbocycles. The van der Waals surface area contributed by atoms with E-state index in [0.717, 1.165) is 19.0 Å². The van der Waals surface area contributed by atoms with Crippen LogP contribution in [0, 0.1) is 5.92 Å². The summed E-state index contributed by atoms with van der Waals surface area (Å²) in [5.41, 5.74) is 0. The molecule has 2 heterocycles. The van der Waals surface area contributed by atoms with Crippen LogP contribution in [0.1, 0.15) is 53.4 Å². The van der Waals surface area contributed by atoms with Crippen LogP contribution in [0.5, 0.6) is 0 Å². The van der Waals surface area contributed by atoms with E-state index in [1.807, 2.05) is 20.8 Å². The van der Waals surface area contributed by atoms with Crippen molar-refractivity contribution in [3.63, 3.8) is 0 Å². The molecule has 2 saturated heterocycles. The fraction of sp³-hybridized carbons (Fsp3) is 0.944. The predicted octanol–water partition coefficient (Wildman–Crippen LogP) is 2.69. The van der Waals surface area contributed by atoms with Crippen molar-refractivity contribution in [2.45, 2.75) is 53.4 Å². The van der Waals surface area contributed by atoms with Gasteiger partial charge in [0.2, 0.25) is 5.91 Å². The van der Waals surface area contributed by atoms with Crippen molar-refractivity contribution >= 4 is 5.91 Å². The fourth-order valence-electron chi connectivity index (χ4n) is 3.39. The quantitative estimate of drug-likeness (QED) is 0.781. The SMILES string of the molecule is CC.CCC(=O)N1CCC(CCN2CCN(CC)CC2)CC1. The molecule has 0 atom stereocenters. The van der Waals surface area contributed by atoms with Crippen LogP contribution in [0.4, 0.5) is 0 Å². The van der Waals surface area contributed by atoms with Gasteiger partial charge in [-0.3, -0.25) is 4.79 Å². The van der Waals surface area contributed by atoms with Crippen molar-refractivity contribution < 1.29 is 4.79 Å². The van der Waals surface area contributed by atoms with E-state index in [4.69, 9.17) is 0 Å². The third-order valence-electron chi connectivity index (χ3n) is 5.04. The summed E-state index contributed by atoms with van der Waals surface area (Å²) >= 11 is 0. The van der Waals surface area contributed by atoms with Gasteiger partial charge in [0.15, 0.2) is 0 Å². The zero-order valence-corrected chi connectivity index (χ0v) is 15.3. The van der Waals surface area contributed by atoms with E-state index >= 15 is 0 Å². The molecule has 0 bridgehead atoms. The van der Waals surface area contributed by atoms with Crippen molar-refractivity contribution in [2.75, 3.05) is 52.4 Å². The smallest absolute Gasteiger partial charge is 0.222 e. The number of likely N-dealkylation sites (N-methyl/N-ethyl adjacent to an activating group) is 1. The Kier molecular flexibility index (Phi) is 9.73. The summed E-state index contributed by atoms with van der Waals surface area (Å²) in [4.78, 5) is 18.9. The van der Waals surface area contributed by atoms with Crippen LogP contribution in [0.15, 0.2) is 0 Å². The van der Waals surface area contributed by atoms with E-state index < -0.39 is 0 Å². The predicted molar refractivity (Wildman–Crippen MR) is 94.1 cm³/mol. The van der Waals surface area contributed by atoms with Gasteiger partial charge in [0, 0.05) is 45.7 Å². The van der Waals surface area contributed by atoms with Gasteiger partial charge >= 0.3 is 0 Å². The first-order chi connectivity index (χ1) is 10.7. The lowest BCUT2D eigenvalue weighted by atomic mass is 9.93. The third kappa shape index (κ3) is 6.25. The molecule has 0 aromatic heterocycles. The summed E-state index contributed by atoms with van der Waals surface area (Å²) in [7, 11) is 0. The highest BCUT2D eigenvalue weighted by Gasteiger charge is 2.23. The first kappa shape index (κ1) is 19.4. The Morgan fingerprint density at radius 1 is 0.909 bits per heavy atom. The number of amides is 1. The van der Waals surface area contributed by atoms with E-state index in [0.29, 0.717) is 12.3 Å². The molecule has 2 fully saturated rings. The number of nitrogens with zero attached hydrogens (tertiary/aromatic N) is 3. The monoisotopic (exact) mass is 311 g/mol. The van der Waals surface area contributed by atoms with Crippen LogP contribution in [0.2, 0.25) is 0 Å². The molecule has 0 unspecified atom stereocenters. The number of likely N-dealkylation sites (tertiary alicyclic amines) is 1. The van der Waals surface area contributed by atoms with Gasteiger partial charge < -0.3 is 14.7 Å². The molecule has 0 aromatic rings. The van der Waals surface area contributed by atoms with Crippen molar-refractivity contribution in [2.24, 2.45) is 5.92 Å². The second kappa shape index (κ2) is 11.0. The minimum atomic E-state index is 0.333. The number of rotatable bonds is 5. The van der Waals surface area contributed by atoms with Crippen molar-refractivity contribution in [3.8, 4) is 0 Å². The molecule has 0 N–H and O–H groups in total. The van der Waals surface area contributed by atoms with E-state index in [-0.39, 0.29) is 0 Å². The summed E-state index contributed by atoms with van der Waals surface area (Å²) in [5, 5.41) is 0. The fourth-order valence-corrected chi connectivity index (χ4v) is 3.39. The van der Waals surface area contributed by atoms with Crippen molar-refractivity contribution in [1.82, 2.24) is 14.7 Å². The Morgan fingerprint density at radius 2 is 1.45 bits per heavy atom. The average molecular weight is 312 g/mol. The molecule has 2 aliphatic rings. The molecular weight excluding hydrogens is 274 g/mol. The molecule has 0 radical (unpaired) electrons. The zero-order valence-electron chi connectivity index (χ0n) is 15.3. The van der Waals surface area contributed by atoms with E-state index in [1.165, 1.54) is 58.5 Å². The summed E-state index contributed by atoms with van der Waals surface area (Å²) in [6, 6.07) is 0. The van der Waals surface area contributed by atoms with E-state index in [9.17, 15) is 4.79 Å². The second-order valence-electron chi connectivity index (χ2n) is 6.24. The van der Waals surface area contributed by atoms with E-state index in [1.54, 1.807) is 0 Å². The number of hydrogen-bond acceptors (Lipinski definition) is 3. The summed E-state index contributed by atoms with van der Waals surface area (Å²) in [6.45, 7) is 17.6. The summed E-state index contributed by atoms with van der Waals surface area (Å²) in [6.07, 6.45) is 4.40. The number of hydrogen-bond donors (Lipinski definition) is 0. The van der Waals surface area contributed by atoms with E-state index in [2.05, 4.69) is 21.6 Å². The highest BCUT2D eigenvalue weighted by atomic mass is 16.2. The Balaban J connectivity index is 0.00000116. The summed E-state index contributed by atoms with van der Waals surface area (Å²) in [5.74, 6) is 1.17. The molecule has 22 heavy (non-hydrogen) atoms. The second-order valence-corrected chi connectivity index (χ2v) is 6.24. The Labute approximate surface area is 137 Å². The maximum atomic E-state index is 11.7. The van der Waals surface area contributed by atoms with Gasteiger partial charge in [0.25, 0.3) is 0 Å². The molecule has 1 amide bonds. The number of carbonyl (C=O) groups is 1. The Hall–Kier alpha value is -0.610. The van der Waals surface area contributed by atoms with Crippen LogP contribution in [-0.2, 0) is 4.79 Å². The largest absolute Gasteiger partial charge is 0.343 e. The van der Waals surface area contributed by atoms with Crippen molar-refractivity contribution in [3.05, 3.63) is 0 Å². The van der Waals surface area contributed by atoms with Gasteiger partial charge in [0.1, 0.15) is 0 Å². The molecular formula is C18H37N3O. The first-order valence-electron chi connectivity index (χ1n) is 9.45. The standard InChI is InChI=1S/C16H31N3O.C2H6/c1-3-16(20)19-9-6-15(7-10-19)5-8-18-13-11-17(4-2)12-14-18;1-2/h15H,3-14H2,1-2H3;1-2H3. The molecule has 0 spiro atoms. The minimum Gasteiger partial charge on any atom is -0.343 e. The van der Waals surface area contributed by atoms with Crippen LogP contribution in [0.3, 0.4) is 0 Å². The van der Waals surface area contributed by atoms with Gasteiger partial charge in [-0.1, -0.05) is 27.7 Å². The summed E-state index contributed by atoms with van der Waals surface area (Å²) < 4.78 is 0. The Bertz CT molecular complexity index is 293. The number of piperazine rings is 1. The molecule has 2 rings (SSSR count). The van der Waals surface area contributed by atoms with Crippen LogP contribution in [-0.4, -0.2) is 73.0 Å². The van der Waals surface area contributed by atoms with Gasteiger partial charge in [-0.25, -0.2) is 0 Å². The third-order valence-corrected chi connectivity index (χ3v) is 5.04. The number of piperidine rings is 1. The maximum absolute atomic E-state index is 11.7. The molecule has 4 nitrogen and oxygen atoms in total. The average Bonchev–Trinajstić information content (AvgIpc) is 2.62. The van der Waals surface area contributed by atoms with Gasteiger partial charge in [-0.2, -0.15) is 0 Å². The highest BCUT2D eigenvalue weighted by Crippen LogP contribution is 2.21. The highest BCUT2D eigenvalue weighted by molar-refractivity contribution is 5.75.